The predicted octanol–water partition coefficient (Wildman–Crippen LogP) is 4.87. The highest BCUT2D eigenvalue weighted by atomic mass is 32.2. The molecule has 0 spiro atoms. The summed E-state index contributed by atoms with van der Waals surface area (Å²) in [5, 5.41) is 25.0. The van der Waals surface area contributed by atoms with Crippen molar-refractivity contribution in [2.75, 3.05) is 13.1 Å². The average Bonchev–Trinajstić information content (AvgIpc) is 3.51. The lowest BCUT2D eigenvalue weighted by Crippen LogP contribution is -2.20. The molecule has 1 fully saturated rings. The van der Waals surface area contributed by atoms with Crippen LogP contribution in [0.15, 0.2) is 52.7 Å². The highest BCUT2D eigenvalue weighted by molar-refractivity contribution is 7.82. The lowest BCUT2D eigenvalue weighted by Gasteiger charge is -2.16. The van der Waals surface area contributed by atoms with Crippen LogP contribution in [0.3, 0.4) is 0 Å². The number of thiazole rings is 1. The van der Waals surface area contributed by atoms with Gasteiger partial charge >= 0.3 is 5.97 Å². The highest BCUT2D eigenvalue weighted by Gasteiger charge is 2.30. The zero-order valence-electron chi connectivity index (χ0n) is 21.9. The highest BCUT2D eigenvalue weighted by Crippen LogP contribution is 2.39. The van der Waals surface area contributed by atoms with E-state index >= 15 is 4.39 Å². The van der Waals surface area contributed by atoms with E-state index in [-0.39, 0.29) is 16.4 Å². The van der Waals surface area contributed by atoms with Crippen LogP contribution in [0.2, 0.25) is 0 Å². The largest absolute Gasteiger partial charge is 0.476 e. The maximum Gasteiger partial charge on any atom is 0.355 e. The molecule has 0 radical (unpaired) electrons. The van der Waals surface area contributed by atoms with Crippen LogP contribution in [0.4, 0.5) is 8.78 Å². The molecule has 8 nitrogen and oxygen atoms in total. The molecule has 2 aliphatic rings. The van der Waals surface area contributed by atoms with Crippen molar-refractivity contribution in [1.29, 1.82) is 0 Å². The Hall–Kier alpha value is -3.58. The van der Waals surface area contributed by atoms with Crippen LogP contribution in [0.25, 0.3) is 22.0 Å². The van der Waals surface area contributed by atoms with Gasteiger partial charge in [-0.25, -0.2) is 32.6 Å². The van der Waals surface area contributed by atoms with Gasteiger partial charge in [0.2, 0.25) is 5.13 Å². The first-order valence-corrected chi connectivity index (χ1v) is 15.3. The maximum absolute atomic E-state index is 15.0. The number of carbonyl (C=O) groups is 1. The molecule has 0 bridgehead atoms. The van der Waals surface area contributed by atoms with Gasteiger partial charge in [0.05, 0.1) is 16.3 Å². The molecule has 4 N–H and O–H groups in total. The number of benzene rings is 2. The van der Waals surface area contributed by atoms with E-state index < -0.39 is 22.8 Å². The number of halogens is 2. The average molecular weight is 596 g/mol. The fourth-order valence-electron chi connectivity index (χ4n) is 5.13. The molecule has 12 heteroatoms. The Balaban J connectivity index is 1.52. The summed E-state index contributed by atoms with van der Waals surface area (Å²) in [5.41, 5.74) is 4.95. The summed E-state index contributed by atoms with van der Waals surface area (Å²) in [4.78, 5) is 15.8. The molecule has 41 heavy (non-hydrogen) atoms. The zero-order chi connectivity index (χ0) is 28.7. The Bertz CT molecular complexity index is 1710. The minimum atomic E-state index is -1.95. The molecule has 6 rings (SSSR count). The van der Waals surface area contributed by atoms with E-state index in [0.717, 1.165) is 36.2 Å². The number of aromatic carboxylic acids is 1. The van der Waals surface area contributed by atoms with E-state index in [2.05, 4.69) is 10.3 Å². The second-order valence-corrected chi connectivity index (χ2v) is 12.1. The normalized spacial score (nSPS) is 16.0. The Morgan fingerprint density at radius 3 is 2.68 bits per heavy atom. The Kier molecular flexibility index (Phi) is 7.64. The summed E-state index contributed by atoms with van der Waals surface area (Å²) in [6.45, 7) is 1.42. The minimum absolute atomic E-state index is 0.0738. The fraction of sp³-hybridized carbons (Fsp3) is 0.276. The molecule has 1 aliphatic heterocycles. The fourth-order valence-corrected chi connectivity index (χ4v) is 6.36. The van der Waals surface area contributed by atoms with E-state index in [1.807, 2.05) is 6.08 Å². The summed E-state index contributed by atoms with van der Waals surface area (Å²) in [6, 6.07) is 9.36. The van der Waals surface area contributed by atoms with Gasteiger partial charge in [0.1, 0.15) is 22.6 Å². The molecule has 2 aromatic carbocycles. The number of hydrogen-bond acceptors (Lipinski definition) is 6. The molecule has 212 valence electrons. The van der Waals surface area contributed by atoms with Crippen molar-refractivity contribution in [3.63, 3.8) is 0 Å². The molecule has 1 atom stereocenters. The van der Waals surface area contributed by atoms with E-state index in [4.69, 9.17) is 10.2 Å². The summed E-state index contributed by atoms with van der Waals surface area (Å²) in [6.07, 6.45) is 5.78. The van der Waals surface area contributed by atoms with Crippen molar-refractivity contribution in [2.24, 2.45) is 11.1 Å². The van der Waals surface area contributed by atoms with E-state index in [1.165, 1.54) is 34.9 Å². The van der Waals surface area contributed by atoms with Gasteiger partial charge in [0, 0.05) is 35.0 Å². The van der Waals surface area contributed by atoms with Gasteiger partial charge in [-0.05, 0) is 79.6 Å². The first-order chi connectivity index (χ1) is 19.8. The van der Waals surface area contributed by atoms with E-state index in [1.54, 1.807) is 22.9 Å². The summed E-state index contributed by atoms with van der Waals surface area (Å²) in [5.74, 6) is -1.66. The second-order valence-electron chi connectivity index (χ2n) is 10.3. The van der Waals surface area contributed by atoms with Gasteiger partial charge in [-0.2, -0.15) is 5.10 Å². The quantitative estimate of drug-likeness (QED) is 0.254. The third-order valence-corrected chi connectivity index (χ3v) is 8.99. The van der Waals surface area contributed by atoms with Crippen LogP contribution in [-0.2, 0) is 23.8 Å². The molecule has 2 aromatic heterocycles. The lowest BCUT2D eigenvalue weighted by molar-refractivity contribution is 0.0691. The van der Waals surface area contributed by atoms with Crippen LogP contribution >= 0.6 is 11.3 Å². The summed E-state index contributed by atoms with van der Waals surface area (Å²) >= 11 is 1.18. The molecular formula is C29H27F2N5O3S2. The third-order valence-electron chi connectivity index (χ3n) is 7.40. The van der Waals surface area contributed by atoms with Gasteiger partial charge in [-0.1, -0.05) is 12.1 Å². The van der Waals surface area contributed by atoms with Gasteiger partial charge in [0.15, 0.2) is 5.69 Å². The molecule has 4 aromatic rings. The SMILES string of the molecule is NS(=O)c1ccc(Cc2c(-c3ccc(F)c(C4=CCNCC4)c3)nn(-c3nc(C(=O)O)cs3)c2CC2CC2)cc1F. The van der Waals surface area contributed by atoms with Crippen molar-refractivity contribution in [3.05, 3.63) is 87.6 Å². The Labute approximate surface area is 241 Å². The number of nitrogens with zero attached hydrogens (tertiary/aromatic N) is 3. The van der Waals surface area contributed by atoms with Crippen molar-refractivity contribution in [3.8, 4) is 16.4 Å². The van der Waals surface area contributed by atoms with Crippen LogP contribution in [0, 0.1) is 17.6 Å². The number of carboxylic acid groups (broad SMARTS) is 1. The number of nitrogens with one attached hydrogen (secondary N) is 1. The first kappa shape index (κ1) is 27.6. The lowest BCUT2D eigenvalue weighted by atomic mass is 9.93. The number of hydrogen-bond donors (Lipinski definition) is 3. The van der Waals surface area contributed by atoms with Crippen molar-refractivity contribution in [1.82, 2.24) is 20.1 Å². The summed E-state index contributed by atoms with van der Waals surface area (Å²) in [7, 11) is -1.95. The van der Waals surface area contributed by atoms with Crippen LogP contribution in [0.5, 0.6) is 0 Å². The van der Waals surface area contributed by atoms with Crippen molar-refractivity contribution < 1.29 is 22.9 Å². The Morgan fingerprint density at radius 2 is 2.02 bits per heavy atom. The monoisotopic (exact) mass is 595 g/mol. The molecule has 0 amide bonds. The van der Waals surface area contributed by atoms with Gasteiger partial charge in [0.25, 0.3) is 0 Å². The van der Waals surface area contributed by atoms with Crippen LogP contribution in [-0.4, -0.2) is 43.1 Å². The van der Waals surface area contributed by atoms with Crippen LogP contribution < -0.4 is 10.5 Å². The number of nitrogens with two attached hydrogens (primary N) is 1. The van der Waals surface area contributed by atoms with Crippen molar-refractivity contribution in [2.45, 2.75) is 37.0 Å². The number of aromatic nitrogens is 3. The molecule has 1 unspecified atom stereocenters. The first-order valence-electron chi connectivity index (χ1n) is 13.2. The van der Waals surface area contributed by atoms with Crippen LogP contribution in [0.1, 0.15) is 52.1 Å². The smallest absolute Gasteiger partial charge is 0.355 e. The maximum atomic E-state index is 15.0. The molecule has 0 saturated heterocycles. The number of rotatable bonds is 9. The topological polar surface area (TPSA) is 123 Å². The third kappa shape index (κ3) is 5.78. The van der Waals surface area contributed by atoms with E-state index in [9.17, 15) is 18.5 Å². The minimum Gasteiger partial charge on any atom is -0.476 e. The molecule has 3 heterocycles. The standard InChI is InChI=1S/C29H27F2N5O3S2/c30-22-5-4-19(14-20(22)18-7-9-33-10-8-18)27-21(11-17-3-6-26(41(32)39)23(31)12-17)25(13-16-1-2-16)36(35-27)29-34-24(15-40-29)28(37)38/h3-7,12,14-16,33H,1-2,8-11,13,32H2,(H,37,38). The molecule has 1 saturated carbocycles. The predicted molar refractivity (Wildman–Crippen MR) is 153 cm³/mol. The van der Waals surface area contributed by atoms with Crippen molar-refractivity contribution >= 4 is 33.9 Å². The van der Waals surface area contributed by atoms with Gasteiger partial charge in [-0.3, -0.25) is 0 Å². The summed E-state index contributed by atoms with van der Waals surface area (Å²) < 4.78 is 43.2. The molecule has 1 aliphatic carbocycles. The Morgan fingerprint density at radius 1 is 1.20 bits per heavy atom. The van der Waals surface area contributed by atoms with E-state index in [0.29, 0.717) is 59.2 Å². The van der Waals surface area contributed by atoms with Gasteiger partial charge < -0.3 is 10.4 Å². The number of carboxylic acids is 1. The molecular weight excluding hydrogens is 568 g/mol. The second kappa shape index (κ2) is 11.4. The zero-order valence-corrected chi connectivity index (χ0v) is 23.5. The van der Waals surface area contributed by atoms with Gasteiger partial charge in [-0.15, -0.1) is 11.3 Å².